The van der Waals surface area contributed by atoms with Gasteiger partial charge in [0, 0.05) is 12.8 Å². The maximum absolute atomic E-state index is 11.8. The quantitative estimate of drug-likeness (QED) is 0.294. The van der Waals surface area contributed by atoms with Gasteiger partial charge in [-0.2, -0.15) is 0 Å². The molecule has 21 heavy (non-hydrogen) atoms. The van der Waals surface area contributed by atoms with E-state index in [1.165, 1.54) is 64.3 Å². The Bertz CT molecular complexity index is 242. The number of carbonyl (C=O) groups is 1. The molecule has 0 aliphatic rings. The lowest BCUT2D eigenvalue weighted by Gasteiger charge is -2.23. The van der Waals surface area contributed by atoms with Gasteiger partial charge in [-0.1, -0.05) is 58.3 Å². The summed E-state index contributed by atoms with van der Waals surface area (Å²) in [5.41, 5.74) is 0. The summed E-state index contributed by atoms with van der Waals surface area (Å²) < 4.78 is 1.01. The first-order valence-electron chi connectivity index (χ1n) is 9.28. The standard InChI is InChI=1S/C19H40NO/c1-5-6-7-8-9-10-11-12-13-16-19(21)17-14-15-18-20(2,3)4/h5-18H2,1-4H3/q+1. The van der Waals surface area contributed by atoms with Gasteiger partial charge in [0.15, 0.2) is 0 Å². The van der Waals surface area contributed by atoms with Crippen LogP contribution in [0.4, 0.5) is 0 Å². The van der Waals surface area contributed by atoms with Gasteiger partial charge in [0.2, 0.25) is 0 Å². The summed E-state index contributed by atoms with van der Waals surface area (Å²) in [7, 11) is 6.64. The zero-order valence-electron chi connectivity index (χ0n) is 15.3. The molecule has 0 saturated heterocycles. The number of hydrogen-bond acceptors (Lipinski definition) is 1. The van der Waals surface area contributed by atoms with Gasteiger partial charge in [-0.05, 0) is 19.3 Å². The topological polar surface area (TPSA) is 17.1 Å². The fraction of sp³-hybridized carbons (Fsp3) is 0.947. The predicted molar refractivity (Wildman–Crippen MR) is 93.6 cm³/mol. The molecule has 2 nitrogen and oxygen atoms in total. The van der Waals surface area contributed by atoms with Gasteiger partial charge in [0.1, 0.15) is 5.78 Å². The molecule has 2 heteroatoms. The van der Waals surface area contributed by atoms with Gasteiger partial charge < -0.3 is 4.48 Å². The van der Waals surface area contributed by atoms with E-state index in [1.54, 1.807) is 0 Å². The SMILES string of the molecule is CCCCCCCCCCCC(=O)CCCC[N+](C)(C)C. The van der Waals surface area contributed by atoms with Crippen molar-refractivity contribution < 1.29 is 9.28 Å². The Morgan fingerprint density at radius 3 is 1.57 bits per heavy atom. The number of carbonyl (C=O) groups excluding carboxylic acids is 1. The highest BCUT2D eigenvalue weighted by molar-refractivity contribution is 5.78. The molecule has 0 amide bonds. The van der Waals surface area contributed by atoms with Crippen LogP contribution in [-0.2, 0) is 4.79 Å². The Balaban J connectivity index is 3.23. The van der Waals surface area contributed by atoms with Crippen LogP contribution in [0.5, 0.6) is 0 Å². The lowest BCUT2D eigenvalue weighted by molar-refractivity contribution is -0.870. The molecule has 0 saturated carbocycles. The van der Waals surface area contributed by atoms with Crippen molar-refractivity contribution in [3.63, 3.8) is 0 Å². The fourth-order valence-corrected chi connectivity index (χ4v) is 2.67. The van der Waals surface area contributed by atoms with Crippen LogP contribution in [0.15, 0.2) is 0 Å². The summed E-state index contributed by atoms with van der Waals surface area (Å²) >= 11 is 0. The third kappa shape index (κ3) is 17.6. The van der Waals surface area contributed by atoms with Crippen LogP contribution in [0, 0.1) is 0 Å². The van der Waals surface area contributed by atoms with Crippen molar-refractivity contribution in [3.05, 3.63) is 0 Å². The molecule has 0 bridgehead atoms. The number of hydrogen-bond donors (Lipinski definition) is 0. The highest BCUT2D eigenvalue weighted by Crippen LogP contribution is 2.11. The number of ketones is 1. The van der Waals surface area contributed by atoms with Crippen molar-refractivity contribution in [2.45, 2.75) is 90.4 Å². The molecule has 0 radical (unpaired) electrons. The zero-order valence-corrected chi connectivity index (χ0v) is 15.3. The van der Waals surface area contributed by atoms with Crippen LogP contribution in [-0.4, -0.2) is 38.0 Å². The van der Waals surface area contributed by atoms with E-state index in [-0.39, 0.29) is 0 Å². The molecule has 0 aromatic heterocycles. The average molecular weight is 299 g/mol. The summed E-state index contributed by atoms with van der Waals surface area (Å²) in [5.74, 6) is 0.486. The van der Waals surface area contributed by atoms with Crippen molar-refractivity contribution in [1.29, 1.82) is 0 Å². The van der Waals surface area contributed by atoms with Crippen molar-refractivity contribution in [2.75, 3.05) is 27.7 Å². The second-order valence-corrected chi connectivity index (χ2v) is 7.59. The van der Waals surface area contributed by atoms with Gasteiger partial charge in [0.05, 0.1) is 27.7 Å². The fourth-order valence-electron chi connectivity index (χ4n) is 2.67. The Labute approximate surface area is 133 Å². The van der Waals surface area contributed by atoms with Crippen molar-refractivity contribution >= 4 is 5.78 Å². The summed E-state index contributed by atoms with van der Waals surface area (Å²) in [6, 6.07) is 0. The minimum absolute atomic E-state index is 0.486. The van der Waals surface area contributed by atoms with E-state index in [4.69, 9.17) is 0 Å². The molecule has 0 fully saturated rings. The van der Waals surface area contributed by atoms with Gasteiger partial charge in [-0.15, -0.1) is 0 Å². The lowest BCUT2D eigenvalue weighted by atomic mass is 10.0. The predicted octanol–water partition coefficient (Wildman–Crippen LogP) is 5.35. The number of quaternary nitrogens is 1. The molecule has 0 rings (SSSR count). The maximum Gasteiger partial charge on any atom is 0.132 e. The lowest BCUT2D eigenvalue weighted by Crippen LogP contribution is -2.35. The van der Waals surface area contributed by atoms with Crippen LogP contribution in [0.25, 0.3) is 0 Å². The van der Waals surface area contributed by atoms with Crippen molar-refractivity contribution in [3.8, 4) is 0 Å². The van der Waals surface area contributed by atoms with Crippen molar-refractivity contribution in [2.24, 2.45) is 0 Å². The molecule has 126 valence electrons. The van der Waals surface area contributed by atoms with E-state index in [9.17, 15) is 4.79 Å². The minimum Gasteiger partial charge on any atom is -0.331 e. The Hall–Kier alpha value is -0.370. The number of nitrogens with zero attached hydrogens (tertiary/aromatic N) is 1. The molecule has 0 aromatic carbocycles. The third-order valence-electron chi connectivity index (χ3n) is 4.09. The first-order chi connectivity index (χ1) is 9.95. The van der Waals surface area contributed by atoms with E-state index in [2.05, 4.69) is 28.1 Å². The normalized spacial score (nSPS) is 11.8. The van der Waals surface area contributed by atoms with Crippen molar-refractivity contribution in [1.82, 2.24) is 0 Å². The molecule has 0 spiro atoms. The van der Waals surface area contributed by atoms with E-state index < -0.39 is 0 Å². The molecular formula is C19H40NO+. The second-order valence-electron chi connectivity index (χ2n) is 7.59. The highest BCUT2D eigenvalue weighted by atomic mass is 16.1. The Morgan fingerprint density at radius 1 is 0.667 bits per heavy atom. The van der Waals surface area contributed by atoms with E-state index >= 15 is 0 Å². The summed E-state index contributed by atoms with van der Waals surface area (Å²) in [6.45, 7) is 3.44. The number of Topliss-reactive ketones (excluding diaryl/α,β-unsaturated/α-hetero) is 1. The maximum atomic E-state index is 11.8. The largest absolute Gasteiger partial charge is 0.331 e. The molecule has 0 atom stereocenters. The highest BCUT2D eigenvalue weighted by Gasteiger charge is 2.07. The summed E-state index contributed by atoms with van der Waals surface area (Å²) in [6.07, 6.45) is 15.8. The van der Waals surface area contributed by atoms with Crippen LogP contribution >= 0.6 is 0 Å². The van der Waals surface area contributed by atoms with Crippen LogP contribution < -0.4 is 0 Å². The molecule has 0 unspecified atom stereocenters. The average Bonchev–Trinajstić information content (AvgIpc) is 2.41. The number of unbranched alkanes of at least 4 members (excludes halogenated alkanes) is 9. The summed E-state index contributed by atoms with van der Waals surface area (Å²) in [5, 5.41) is 0. The molecule has 0 aliphatic heterocycles. The van der Waals surface area contributed by atoms with Crippen LogP contribution in [0.3, 0.4) is 0 Å². The molecule has 0 heterocycles. The zero-order chi connectivity index (χ0) is 16.0. The van der Waals surface area contributed by atoms with Gasteiger partial charge in [-0.3, -0.25) is 4.79 Å². The molecular weight excluding hydrogens is 258 g/mol. The summed E-state index contributed by atoms with van der Waals surface area (Å²) in [4.78, 5) is 11.8. The number of rotatable bonds is 15. The van der Waals surface area contributed by atoms with E-state index in [1.807, 2.05) is 0 Å². The molecule has 0 aromatic rings. The molecule has 0 N–H and O–H groups in total. The first-order valence-corrected chi connectivity index (χ1v) is 9.28. The van der Waals surface area contributed by atoms with E-state index in [0.29, 0.717) is 5.78 Å². The second kappa shape index (κ2) is 13.3. The Kier molecular flexibility index (Phi) is 13.1. The van der Waals surface area contributed by atoms with Crippen LogP contribution in [0.1, 0.15) is 90.4 Å². The first kappa shape index (κ1) is 20.6. The van der Waals surface area contributed by atoms with Gasteiger partial charge in [0.25, 0.3) is 0 Å². The van der Waals surface area contributed by atoms with Gasteiger partial charge in [-0.25, -0.2) is 0 Å². The van der Waals surface area contributed by atoms with Gasteiger partial charge >= 0.3 is 0 Å². The molecule has 0 aliphatic carbocycles. The monoisotopic (exact) mass is 298 g/mol. The smallest absolute Gasteiger partial charge is 0.132 e. The van der Waals surface area contributed by atoms with Crippen LogP contribution in [0.2, 0.25) is 0 Å². The minimum atomic E-state index is 0.486. The van der Waals surface area contributed by atoms with E-state index in [0.717, 1.165) is 30.2 Å². The Morgan fingerprint density at radius 2 is 1.10 bits per heavy atom. The third-order valence-corrected chi connectivity index (χ3v) is 4.09.